The lowest BCUT2D eigenvalue weighted by atomic mass is 10.0. The maximum atomic E-state index is 12.2. The summed E-state index contributed by atoms with van der Waals surface area (Å²) in [6.45, 7) is 5.25. The number of carbonyl (C=O) groups is 1. The Hall–Kier alpha value is -2.49. The second-order valence-electron chi connectivity index (χ2n) is 8.92. The van der Waals surface area contributed by atoms with Crippen molar-refractivity contribution in [1.82, 2.24) is 30.5 Å². The van der Waals surface area contributed by atoms with Crippen LogP contribution in [0.4, 0.5) is 4.79 Å². The standard InChI is InChI=1S/C23H32N6O3/c30-23(24-13-19-7-4-12-31-19)25-18-8-10-28(11-9-18)14-20-21-16-32-22(15-29(21)27-26-20)17-5-2-1-3-6-17/h1-3,5-6,18-19,22H,4,7-16H2,(H2,24,25,30)/t19-,22+/m0/s1. The average molecular weight is 441 g/mol. The maximum Gasteiger partial charge on any atom is 0.315 e. The minimum absolute atomic E-state index is 0.0199. The second kappa shape index (κ2) is 9.97. The van der Waals surface area contributed by atoms with E-state index in [4.69, 9.17) is 9.47 Å². The van der Waals surface area contributed by atoms with Crippen molar-refractivity contribution in [3.63, 3.8) is 0 Å². The van der Waals surface area contributed by atoms with Gasteiger partial charge in [0.15, 0.2) is 0 Å². The van der Waals surface area contributed by atoms with Crippen molar-refractivity contribution < 1.29 is 14.3 Å². The number of nitrogens with one attached hydrogen (secondary N) is 2. The molecule has 32 heavy (non-hydrogen) atoms. The van der Waals surface area contributed by atoms with Gasteiger partial charge in [-0.2, -0.15) is 0 Å². The predicted octanol–water partition coefficient (Wildman–Crippen LogP) is 1.99. The van der Waals surface area contributed by atoms with Gasteiger partial charge in [0.25, 0.3) is 0 Å². The first-order valence-corrected chi connectivity index (χ1v) is 11.7. The molecule has 2 fully saturated rings. The van der Waals surface area contributed by atoms with Gasteiger partial charge >= 0.3 is 6.03 Å². The highest BCUT2D eigenvalue weighted by Crippen LogP contribution is 2.27. The monoisotopic (exact) mass is 440 g/mol. The summed E-state index contributed by atoms with van der Waals surface area (Å²) >= 11 is 0. The molecule has 0 radical (unpaired) electrons. The lowest BCUT2D eigenvalue weighted by Crippen LogP contribution is -2.48. The molecule has 9 nitrogen and oxygen atoms in total. The molecule has 0 spiro atoms. The Bertz CT molecular complexity index is 890. The molecule has 2 saturated heterocycles. The van der Waals surface area contributed by atoms with Crippen LogP contribution in [0.25, 0.3) is 0 Å². The Labute approximate surface area is 188 Å². The van der Waals surface area contributed by atoms with Gasteiger partial charge in [0.05, 0.1) is 24.9 Å². The van der Waals surface area contributed by atoms with Crippen LogP contribution in [0, 0.1) is 0 Å². The fourth-order valence-electron chi connectivity index (χ4n) is 4.75. The van der Waals surface area contributed by atoms with Crippen LogP contribution < -0.4 is 10.6 Å². The first-order valence-electron chi connectivity index (χ1n) is 11.7. The van der Waals surface area contributed by atoms with Crippen molar-refractivity contribution in [3.05, 3.63) is 47.3 Å². The summed E-state index contributed by atoms with van der Waals surface area (Å²) < 4.78 is 13.7. The third-order valence-corrected chi connectivity index (χ3v) is 6.66. The van der Waals surface area contributed by atoms with E-state index in [0.29, 0.717) is 19.7 Å². The largest absolute Gasteiger partial charge is 0.376 e. The summed E-state index contributed by atoms with van der Waals surface area (Å²) in [5, 5.41) is 14.9. The van der Waals surface area contributed by atoms with Gasteiger partial charge in [-0.25, -0.2) is 9.48 Å². The van der Waals surface area contributed by atoms with Crippen LogP contribution in [0.3, 0.4) is 0 Å². The molecule has 2 atom stereocenters. The number of carbonyl (C=O) groups excluding carboxylic acids is 1. The summed E-state index contributed by atoms with van der Waals surface area (Å²) in [7, 11) is 0. The molecule has 2 amide bonds. The normalized spacial score (nSPS) is 24.2. The van der Waals surface area contributed by atoms with Crippen LogP contribution in [0.1, 0.15) is 48.7 Å². The highest BCUT2D eigenvalue weighted by molar-refractivity contribution is 5.74. The summed E-state index contributed by atoms with van der Waals surface area (Å²) in [5.41, 5.74) is 3.24. The number of ether oxygens (including phenoxy) is 2. The first kappa shape index (κ1) is 21.4. The van der Waals surface area contributed by atoms with Gasteiger partial charge in [-0.1, -0.05) is 35.5 Å². The van der Waals surface area contributed by atoms with Crippen LogP contribution in [0.5, 0.6) is 0 Å². The minimum atomic E-state index is -0.0866. The number of likely N-dealkylation sites (tertiary alicyclic amines) is 1. The number of fused-ring (bicyclic) bond motifs is 1. The van der Waals surface area contributed by atoms with Crippen molar-refractivity contribution in [2.24, 2.45) is 0 Å². The van der Waals surface area contributed by atoms with Gasteiger partial charge in [-0.3, -0.25) is 4.90 Å². The smallest absolute Gasteiger partial charge is 0.315 e. The third kappa shape index (κ3) is 5.11. The molecule has 3 aliphatic rings. The average Bonchev–Trinajstić information content (AvgIpc) is 3.49. The third-order valence-electron chi connectivity index (χ3n) is 6.66. The molecule has 1 aromatic carbocycles. The minimum Gasteiger partial charge on any atom is -0.376 e. The van der Waals surface area contributed by atoms with Gasteiger partial charge in [0.1, 0.15) is 11.8 Å². The van der Waals surface area contributed by atoms with E-state index >= 15 is 0 Å². The Balaban J connectivity index is 1.07. The molecule has 4 heterocycles. The van der Waals surface area contributed by atoms with E-state index in [1.54, 1.807) is 0 Å². The summed E-state index contributed by atoms with van der Waals surface area (Å²) in [4.78, 5) is 14.6. The predicted molar refractivity (Wildman–Crippen MR) is 118 cm³/mol. The number of piperidine rings is 1. The summed E-state index contributed by atoms with van der Waals surface area (Å²) in [6.07, 6.45) is 4.17. The maximum absolute atomic E-state index is 12.2. The van der Waals surface area contributed by atoms with Crippen LogP contribution in [-0.2, 0) is 29.2 Å². The van der Waals surface area contributed by atoms with Gasteiger partial charge in [0, 0.05) is 38.8 Å². The molecule has 0 saturated carbocycles. The molecule has 0 aliphatic carbocycles. The fraction of sp³-hybridized carbons (Fsp3) is 0.609. The van der Waals surface area contributed by atoms with Crippen LogP contribution >= 0.6 is 0 Å². The molecular formula is C23H32N6O3. The van der Waals surface area contributed by atoms with Crippen molar-refractivity contribution in [2.45, 2.75) is 63.6 Å². The SMILES string of the molecule is O=C(NC[C@@H]1CCCO1)NC1CCN(Cc2nnn3c2CO[C@@H](c2ccccc2)C3)CC1. The lowest BCUT2D eigenvalue weighted by molar-refractivity contribution is -0.00216. The summed E-state index contributed by atoms with van der Waals surface area (Å²) in [5.74, 6) is 0. The van der Waals surface area contributed by atoms with Crippen molar-refractivity contribution in [1.29, 1.82) is 0 Å². The second-order valence-corrected chi connectivity index (χ2v) is 8.92. The van der Waals surface area contributed by atoms with Crippen molar-refractivity contribution in [3.8, 4) is 0 Å². The quantitative estimate of drug-likeness (QED) is 0.714. The van der Waals surface area contributed by atoms with E-state index < -0.39 is 0 Å². The number of urea groups is 1. The molecule has 2 N–H and O–H groups in total. The molecular weight excluding hydrogens is 408 g/mol. The van der Waals surface area contributed by atoms with E-state index in [2.05, 4.69) is 38.0 Å². The van der Waals surface area contributed by atoms with E-state index in [9.17, 15) is 4.79 Å². The highest BCUT2D eigenvalue weighted by Gasteiger charge is 2.27. The van der Waals surface area contributed by atoms with E-state index in [1.807, 2.05) is 22.9 Å². The van der Waals surface area contributed by atoms with Gasteiger partial charge in [0.2, 0.25) is 0 Å². The van der Waals surface area contributed by atoms with E-state index in [-0.39, 0.29) is 24.3 Å². The van der Waals surface area contributed by atoms with Gasteiger partial charge in [-0.15, -0.1) is 5.10 Å². The van der Waals surface area contributed by atoms with Gasteiger partial charge < -0.3 is 20.1 Å². The van der Waals surface area contributed by atoms with E-state index in [0.717, 1.165) is 63.3 Å². The molecule has 2 aromatic rings. The molecule has 172 valence electrons. The number of rotatable bonds is 6. The molecule has 0 bridgehead atoms. The number of hydrogen-bond donors (Lipinski definition) is 2. The number of nitrogens with zero attached hydrogens (tertiary/aromatic N) is 4. The highest BCUT2D eigenvalue weighted by atomic mass is 16.5. The molecule has 9 heteroatoms. The van der Waals surface area contributed by atoms with Crippen LogP contribution in [0.15, 0.2) is 30.3 Å². The molecule has 1 aromatic heterocycles. The fourth-order valence-corrected chi connectivity index (χ4v) is 4.75. The topological polar surface area (TPSA) is 93.5 Å². The number of benzene rings is 1. The molecule has 5 rings (SSSR count). The molecule has 0 unspecified atom stereocenters. The number of hydrogen-bond acceptors (Lipinski definition) is 6. The van der Waals surface area contributed by atoms with Gasteiger partial charge in [-0.05, 0) is 31.2 Å². The summed E-state index contributed by atoms with van der Waals surface area (Å²) in [6, 6.07) is 10.4. The van der Waals surface area contributed by atoms with Crippen LogP contribution in [0.2, 0.25) is 0 Å². The zero-order valence-corrected chi connectivity index (χ0v) is 18.4. The Morgan fingerprint density at radius 2 is 1.97 bits per heavy atom. The van der Waals surface area contributed by atoms with Crippen molar-refractivity contribution >= 4 is 6.03 Å². The molecule has 3 aliphatic heterocycles. The lowest BCUT2D eigenvalue weighted by Gasteiger charge is -2.32. The number of amides is 2. The zero-order valence-electron chi connectivity index (χ0n) is 18.4. The zero-order chi connectivity index (χ0) is 21.8. The van der Waals surface area contributed by atoms with Crippen molar-refractivity contribution in [2.75, 3.05) is 26.2 Å². The Morgan fingerprint density at radius 3 is 2.75 bits per heavy atom. The Kier molecular flexibility index (Phi) is 6.66. The van der Waals surface area contributed by atoms with Crippen LogP contribution in [-0.4, -0.2) is 64.3 Å². The Morgan fingerprint density at radius 1 is 1.12 bits per heavy atom. The number of aromatic nitrogens is 3. The first-order chi connectivity index (χ1) is 15.7. The van der Waals surface area contributed by atoms with E-state index in [1.165, 1.54) is 5.56 Å².